The molecule has 1 aromatic rings. The van der Waals surface area contributed by atoms with Crippen molar-refractivity contribution in [2.75, 3.05) is 45.7 Å². The molecule has 2 unspecified atom stereocenters. The van der Waals surface area contributed by atoms with Crippen LogP contribution in [0.25, 0.3) is 0 Å². The summed E-state index contributed by atoms with van der Waals surface area (Å²) in [5.41, 5.74) is 2.69. The van der Waals surface area contributed by atoms with Crippen LogP contribution >= 0.6 is 15.9 Å². The second-order valence-electron chi connectivity index (χ2n) is 6.01. The molecule has 20 heavy (non-hydrogen) atoms. The molecule has 0 bridgehead atoms. The third-order valence-corrected chi connectivity index (χ3v) is 4.81. The molecule has 1 heterocycles. The van der Waals surface area contributed by atoms with E-state index in [0.717, 1.165) is 16.9 Å². The van der Waals surface area contributed by atoms with Gasteiger partial charge in [0.25, 0.3) is 0 Å². The normalized spacial score (nSPS) is 21.1. The van der Waals surface area contributed by atoms with Gasteiger partial charge >= 0.3 is 0 Å². The highest BCUT2D eigenvalue weighted by atomic mass is 79.9. The fraction of sp³-hybridized carbons (Fsp3) is 0.625. The average Bonchev–Trinajstić information content (AvgIpc) is 2.82. The Hall–Kier alpha value is -0.580. The molecule has 0 amide bonds. The number of halogens is 1. The van der Waals surface area contributed by atoms with Gasteiger partial charge in [-0.05, 0) is 63.7 Å². The van der Waals surface area contributed by atoms with E-state index >= 15 is 0 Å². The maximum atomic E-state index is 3.59. The Morgan fingerprint density at radius 2 is 2.25 bits per heavy atom. The van der Waals surface area contributed by atoms with Crippen molar-refractivity contribution in [1.29, 1.82) is 0 Å². The van der Waals surface area contributed by atoms with Crippen molar-refractivity contribution in [1.82, 2.24) is 10.2 Å². The number of anilines is 1. The highest BCUT2D eigenvalue weighted by Gasteiger charge is 2.22. The van der Waals surface area contributed by atoms with E-state index in [9.17, 15) is 0 Å². The largest absolute Gasteiger partial charge is 0.374 e. The molecule has 1 fully saturated rings. The van der Waals surface area contributed by atoms with E-state index in [1.807, 2.05) is 7.05 Å². The molecule has 0 spiro atoms. The van der Waals surface area contributed by atoms with Gasteiger partial charge in [0, 0.05) is 36.3 Å². The molecule has 0 saturated carbocycles. The Balaban J connectivity index is 2.14. The molecule has 2 atom stereocenters. The molecule has 1 aromatic carbocycles. The van der Waals surface area contributed by atoms with E-state index in [2.05, 4.69) is 70.3 Å². The maximum absolute atomic E-state index is 3.59. The number of nitrogens with zero attached hydrogens (tertiary/aromatic N) is 2. The zero-order valence-corrected chi connectivity index (χ0v) is 14.6. The van der Waals surface area contributed by atoms with Crippen molar-refractivity contribution in [2.24, 2.45) is 5.92 Å². The molecule has 2 rings (SSSR count). The van der Waals surface area contributed by atoms with Crippen LogP contribution < -0.4 is 10.2 Å². The van der Waals surface area contributed by atoms with E-state index in [1.54, 1.807) is 0 Å². The van der Waals surface area contributed by atoms with Gasteiger partial charge in [-0.3, -0.25) is 0 Å². The molecule has 3 nitrogen and oxygen atoms in total. The summed E-state index contributed by atoms with van der Waals surface area (Å²) in [6, 6.07) is 6.95. The van der Waals surface area contributed by atoms with Crippen molar-refractivity contribution < 1.29 is 0 Å². The maximum Gasteiger partial charge on any atom is 0.0412 e. The lowest BCUT2D eigenvalue weighted by Gasteiger charge is -2.27. The number of likely N-dealkylation sites (tertiary alicyclic amines) is 1. The Bertz CT molecular complexity index is 449. The summed E-state index contributed by atoms with van der Waals surface area (Å²) in [5.74, 6) is 0.784. The lowest BCUT2D eigenvalue weighted by Crippen LogP contribution is -2.29. The summed E-state index contributed by atoms with van der Waals surface area (Å²) in [6.45, 7) is 5.80. The van der Waals surface area contributed by atoms with Crippen molar-refractivity contribution in [3.63, 3.8) is 0 Å². The fourth-order valence-electron chi connectivity index (χ4n) is 3.04. The van der Waals surface area contributed by atoms with Gasteiger partial charge < -0.3 is 15.1 Å². The SMILES string of the molecule is CNC(C)c1cc(Br)ccc1N(C)CC1CCN(C)C1. The first kappa shape index (κ1) is 15.8. The molecular formula is C16H26BrN3. The first-order valence-electron chi connectivity index (χ1n) is 7.37. The molecule has 1 N–H and O–H groups in total. The van der Waals surface area contributed by atoms with Crippen LogP contribution in [0.4, 0.5) is 5.69 Å². The van der Waals surface area contributed by atoms with Crippen LogP contribution in [0.15, 0.2) is 22.7 Å². The van der Waals surface area contributed by atoms with E-state index in [-0.39, 0.29) is 0 Å². The second-order valence-corrected chi connectivity index (χ2v) is 6.93. The first-order chi connectivity index (χ1) is 9.51. The highest BCUT2D eigenvalue weighted by Crippen LogP contribution is 2.30. The van der Waals surface area contributed by atoms with Crippen molar-refractivity contribution in [3.8, 4) is 0 Å². The Morgan fingerprint density at radius 1 is 1.50 bits per heavy atom. The summed E-state index contributed by atoms with van der Waals surface area (Å²) in [5, 5.41) is 3.35. The quantitative estimate of drug-likeness (QED) is 0.889. The molecule has 1 saturated heterocycles. The Kier molecular flexibility index (Phi) is 5.47. The van der Waals surface area contributed by atoms with Gasteiger partial charge in [0.2, 0.25) is 0 Å². The number of benzene rings is 1. The van der Waals surface area contributed by atoms with E-state index < -0.39 is 0 Å². The van der Waals surface area contributed by atoms with Gasteiger partial charge in [-0.1, -0.05) is 15.9 Å². The van der Waals surface area contributed by atoms with E-state index in [1.165, 1.54) is 30.8 Å². The number of nitrogens with one attached hydrogen (secondary N) is 1. The average molecular weight is 340 g/mol. The second kappa shape index (κ2) is 6.92. The van der Waals surface area contributed by atoms with Crippen molar-refractivity contribution >= 4 is 21.6 Å². The van der Waals surface area contributed by atoms with Gasteiger partial charge in [0.05, 0.1) is 0 Å². The van der Waals surface area contributed by atoms with Gasteiger partial charge in [-0.25, -0.2) is 0 Å². The molecule has 0 aliphatic carbocycles. The molecule has 4 heteroatoms. The van der Waals surface area contributed by atoms with Crippen LogP contribution in [0.5, 0.6) is 0 Å². The number of hydrogen-bond acceptors (Lipinski definition) is 3. The van der Waals surface area contributed by atoms with Gasteiger partial charge in [-0.15, -0.1) is 0 Å². The van der Waals surface area contributed by atoms with Crippen molar-refractivity contribution in [2.45, 2.75) is 19.4 Å². The summed E-state index contributed by atoms with van der Waals surface area (Å²) >= 11 is 3.59. The van der Waals surface area contributed by atoms with Gasteiger partial charge in [0.15, 0.2) is 0 Å². The topological polar surface area (TPSA) is 18.5 Å². The molecule has 0 radical (unpaired) electrons. The third kappa shape index (κ3) is 3.74. The molecule has 112 valence electrons. The monoisotopic (exact) mass is 339 g/mol. The molecule has 1 aliphatic heterocycles. The smallest absolute Gasteiger partial charge is 0.0412 e. The van der Waals surface area contributed by atoms with Gasteiger partial charge in [0.1, 0.15) is 0 Å². The minimum atomic E-state index is 0.358. The summed E-state index contributed by atoms with van der Waals surface area (Å²) < 4.78 is 1.15. The highest BCUT2D eigenvalue weighted by molar-refractivity contribution is 9.10. The first-order valence-corrected chi connectivity index (χ1v) is 8.17. The van der Waals surface area contributed by atoms with Crippen LogP contribution in [0.3, 0.4) is 0 Å². The third-order valence-electron chi connectivity index (χ3n) is 4.32. The predicted octanol–water partition coefficient (Wildman–Crippen LogP) is 3.12. The zero-order chi connectivity index (χ0) is 14.7. The minimum Gasteiger partial charge on any atom is -0.374 e. The molecule has 1 aliphatic rings. The summed E-state index contributed by atoms with van der Waals surface area (Å²) in [6.07, 6.45) is 1.31. The standard InChI is InChI=1S/C16H26BrN3/c1-12(18-2)15-9-14(17)5-6-16(15)20(4)11-13-7-8-19(3)10-13/h5-6,9,12-13,18H,7-8,10-11H2,1-4H3. The Labute approximate surface area is 131 Å². The van der Waals surface area contributed by atoms with Crippen LogP contribution in [0.1, 0.15) is 24.9 Å². The zero-order valence-electron chi connectivity index (χ0n) is 13.0. The summed E-state index contributed by atoms with van der Waals surface area (Å²) in [4.78, 5) is 4.84. The van der Waals surface area contributed by atoms with Crippen LogP contribution in [-0.2, 0) is 0 Å². The number of hydrogen-bond donors (Lipinski definition) is 1. The lowest BCUT2D eigenvalue weighted by molar-refractivity contribution is 0.396. The van der Waals surface area contributed by atoms with Crippen LogP contribution in [0, 0.1) is 5.92 Å². The fourth-order valence-corrected chi connectivity index (χ4v) is 3.42. The van der Waals surface area contributed by atoms with Gasteiger partial charge in [-0.2, -0.15) is 0 Å². The Morgan fingerprint density at radius 3 is 2.85 bits per heavy atom. The predicted molar refractivity (Wildman–Crippen MR) is 90.5 cm³/mol. The van der Waals surface area contributed by atoms with Crippen LogP contribution in [-0.4, -0.2) is 45.7 Å². The molecular weight excluding hydrogens is 314 g/mol. The minimum absolute atomic E-state index is 0.358. The number of rotatable bonds is 5. The van der Waals surface area contributed by atoms with Crippen molar-refractivity contribution in [3.05, 3.63) is 28.2 Å². The van der Waals surface area contributed by atoms with Crippen LogP contribution in [0.2, 0.25) is 0 Å². The van der Waals surface area contributed by atoms with E-state index in [4.69, 9.17) is 0 Å². The van der Waals surface area contributed by atoms with E-state index in [0.29, 0.717) is 6.04 Å². The lowest BCUT2D eigenvalue weighted by atomic mass is 10.0. The molecule has 0 aromatic heterocycles. The summed E-state index contributed by atoms with van der Waals surface area (Å²) in [7, 11) is 6.45.